The Morgan fingerprint density at radius 2 is 2.33 bits per heavy atom. The third-order valence-corrected chi connectivity index (χ3v) is 2.64. The van der Waals surface area contributed by atoms with Crippen LogP contribution in [0.25, 0.3) is 0 Å². The zero-order valence-corrected chi connectivity index (χ0v) is 7.37. The topological polar surface area (TPSA) is 34.9 Å². The molecule has 12 heavy (non-hydrogen) atoms. The zero-order chi connectivity index (χ0) is 8.77. The second-order valence-electron chi connectivity index (χ2n) is 3.57. The molecule has 1 heterocycles. The molecule has 1 aliphatic carbocycles. The first-order chi connectivity index (χ1) is 5.68. The summed E-state index contributed by atoms with van der Waals surface area (Å²) in [6, 6.07) is 2.00. The van der Waals surface area contributed by atoms with Crippen LogP contribution in [0.2, 0.25) is 0 Å². The van der Waals surface area contributed by atoms with Crippen molar-refractivity contribution in [1.82, 2.24) is 9.78 Å². The molecule has 0 aliphatic heterocycles. The largest absolute Gasteiger partial charge is 0.302 e. The minimum Gasteiger partial charge on any atom is -0.302 e. The van der Waals surface area contributed by atoms with E-state index in [2.05, 4.69) is 5.10 Å². The molecule has 1 aromatic rings. The molecule has 3 heteroatoms. The number of aldehydes is 1. The molecule has 1 fully saturated rings. The third kappa shape index (κ3) is 0.891. The lowest BCUT2D eigenvalue weighted by atomic mass is 10.1. The Morgan fingerprint density at radius 3 is 2.67 bits per heavy atom. The van der Waals surface area contributed by atoms with Gasteiger partial charge in [0.15, 0.2) is 0 Å². The SMILES string of the molecule is Cc1cc(C2(C=O)CC2)nn1C. The van der Waals surface area contributed by atoms with Crippen LogP contribution in [0.15, 0.2) is 6.07 Å². The van der Waals surface area contributed by atoms with Crippen molar-refractivity contribution >= 4 is 6.29 Å². The van der Waals surface area contributed by atoms with Crippen molar-refractivity contribution in [2.75, 3.05) is 0 Å². The number of nitrogens with zero attached hydrogens (tertiary/aromatic N) is 2. The van der Waals surface area contributed by atoms with E-state index in [1.807, 2.05) is 24.7 Å². The fourth-order valence-electron chi connectivity index (χ4n) is 1.37. The van der Waals surface area contributed by atoms with E-state index in [1.165, 1.54) is 0 Å². The molecule has 2 rings (SSSR count). The van der Waals surface area contributed by atoms with E-state index in [4.69, 9.17) is 0 Å². The first kappa shape index (κ1) is 7.53. The van der Waals surface area contributed by atoms with Crippen LogP contribution in [-0.2, 0) is 17.3 Å². The van der Waals surface area contributed by atoms with Crippen LogP contribution >= 0.6 is 0 Å². The van der Waals surface area contributed by atoms with Crippen molar-refractivity contribution in [3.05, 3.63) is 17.5 Å². The van der Waals surface area contributed by atoms with E-state index in [9.17, 15) is 4.79 Å². The van der Waals surface area contributed by atoms with Crippen molar-refractivity contribution < 1.29 is 4.79 Å². The quantitative estimate of drug-likeness (QED) is 0.610. The highest BCUT2D eigenvalue weighted by Crippen LogP contribution is 2.45. The van der Waals surface area contributed by atoms with E-state index in [0.29, 0.717) is 0 Å². The zero-order valence-electron chi connectivity index (χ0n) is 7.37. The van der Waals surface area contributed by atoms with Gasteiger partial charge in [-0.05, 0) is 25.8 Å². The maximum atomic E-state index is 10.8. The molecular weight excluding hydrogens is 152 g/mol. The number of carbonyl (C=O) groups excluding carboxylic acids is 1. The van der Waals surface area contributed by atoms with Gasteiger partial charge in [0, 0.05) is 12.7 Å². The highest BCUT2D eigenvalue weighted by molar-refractivity contribution is 5.71. The summed E-state index contributed by atoms with van der Waals surface area (Å²) in [6.45, 7) is 2.00. The van der Waals surface area contributed by atoms with Gasteiger partial charge in [0.1, 0.15) is 6.29 Å². The van der Waals surface area contributed by atoms with Gasteiger partial charge in [-0.15, -0.1) is 0 Å². The van der Waals surface area contributed by atoms with E-state index in [0.717, 1.165) is 30.5 Å². The number of aryl methyl sites for hydroxylation is 2. The Hall–Kier alpha value is -1.12. The summed E-state index contributed by atoms with van der Waals surface area (Å²) >= 11 is 0. The van der Waals surface area contributed by atoms with Crippen LogP contribution in [0.1, 0.15) is 24.2 Å². The van der Waals surface area contributed by atoms with Crippen molar-refractivity contribution in [2.24, 2.45) is 7.05 Å². The Kier molecular flexibility index (Phi) is 1.37. The molecule has 1 saturated carbocycles. The Morgan fingerprint density at radius 1 is 1.67 bits per heavy atom. The highest BCUT2D eigenvalue weighted by atomic mass is 16.1. The molecule has 0 amide bonds. The fourth-order valence-corrected chi connectivity index (χ4v) is 1.37. The van der Waals surface area contributed by atoms with Gasteiger partial charge in [-0.3, -0.25) is 4.68 Å². The summed E-state index contributed by atoms with van der Waals surface area (Å²) in [5.74, 6) is 0. The normalized spacial score (nSPS) is 19.2. The van der Waals surface area contributed by atoms with Gasteiger partial charge < -0.3 is 4.79 Å². The van der Waals surface area contributed by atoms with Crippen molar-refractivity contribution in [2.45, 2.75) is 25.2 Å². The van der Waals surface area contributed by atoms with E-state index in [-0.39, 0.29) is 5.41 Å². The molecular formula is C9H12N2O. The van der Waals surface area contributed by atoms with E-state index >= 15 is 0 Å². The van der Waals surface area contributed by atoms with Crippen LogP contribution in [0.3, 0.4) is 0 Å². The predicted molar refractivity (Wildman–Crippen MR) is 44.9 cm³/mol. The first-order valence-corrected chi connectivity index (χ1v) is 4.15. The maximum absolute atomic E-state index is 10.8. The van der Waals surface area contributed by atoms with Crippen molar-refractivity contribution in [1.29, 1.82) is 0 Å². The Labute approximate surface area is 71.4 Å². The molecule has 0 spiro atoms. The monoisotopic (exact) mass is 164 g/mol. The molecule has 1 aromatic heterocycles. The van der Waals surface area contributed by atoms with Gasteiger partial charge in [-0.1, -0.05) is 0 Å². The average molecular weight is 164 g/mol. The van der Waals surface area contributed by atoms with Gasteiger partial charge >= 0.3 is 0 Å². The second kappa shape index (κ2) is 2.19. The molecule has 0 radical (unpaired) electrons. The standard InChI is InChI=1S/C9H12N2O/c1-7-5-8(10-11(7)2)9(6-12)3-4-9/h5-6H,3-4H2,1-2H3. The van der Waals surface area contributed by atoms with Crippen molar-refractivity contribution in [3.63, 3.8) is 0 Å². The van der Waals surface area contributed by atoms with Gasteiger partial charge in [0.05, 0.1) is 11.1 Å². The van der Waals surface area contributed by atoms with Crippen LogP contribution in [0.5, 0.6) is 0 Å². The summed E-state index contributed by atoms with van der Waals surface area (Å²) < 4.78 is 1.82. The summed E-state index contributed by atoms with van der Waals surface area (Å²) in [7, 11) is 1.90. The smallest absolute Gasteiger partial charge is 0.132 e. The van der Waals surface area contributed by atoms with Gasteiger partial charge in [0.25, 0.3) is 0 Å². The Bertz CT molecular complexity index is 304. The minimum absolute atomic E-state index is 0.216. The lowest BCUT2D eigenvalue weighted by molar-refractivity contribution is -0.109. The first-order valence-electron chi connectivity index (χ1n) is 4.15. The highest BCUT2D eigenvalue weighted by Gasteiger charge is 2.46. The molecule has 0 atom stereocenters. The lowest BCUT2D eigenvalue weighted by Gasteiger charge is -1.99. The average Bonchev–Trinajstić information content (AvgIpc) is 2.77. The minimum atomic E-state index is -0.216. The summed E-state index contributed by atoms with van der Waals surface area (Å²) in [6.07, 6.45) is 2.97. The van der Waals surface area contributed by atoms with Crippen LogP contribution in [0, 0.1) is 6.92 Å². The molecule has 3 nitrogen and oxygen atoms in total. The number of hydrogen-bond acceptors (Lipinski definition) is 2. The molecule has 64 valence electrons. The molecule has 1 aliphatic rings. The molecule has 0 bridgehead atoms. The van der Waals surface area contributed by atoms with Gasteiger partial charge in [-0.25, -0.2) is 0 Å². The van der Waals surface area contributed by atoms with Crippen LogP contribution in [0.4, 0.5) is 0 Å². The number of carbonyl (C=O) groups is 1. The Balaban J connectivity index is 2.41. The molecule has 0 N–H and O–H groups in total. The van der Waals surface area contributed by atoms with Crippen LogP contribution in [-0.4, -0.2) is 16.1 Å². The van der Waals surface area contributed by atoms with Crippen LogP contribution < -0.4 is 0 Å². The van der Waals surface area contributed by atoms with E-state index in [1.54, 1.807) is 0 Å². The molecule has 0 aromatic carbocycles. The summed E-state index contributed by atoms with van der Waals surface area (Å²) in [4.78, 5) is 10.8. The fraction of sp³-hybridized carbons (Fsp3) is 0.556. The van der Waals surface area contributed by atoms with Crippen molar-refractivity contribution in [3.8, 4) is 0 Å². The summed E-state index contributed by atoms with van der Waals surface area (Å²) in [5, 5.41) is 4.30. The van der Waals surface area contributed by atoms with Gasteiger partial charge in [-0.2, -0.15) is 5.10 Å². The van der Waals surface area contributed by atoms with E-state index < -0.39 is 0 Å². The van der Waals surface area contributed by atoms with Gasteiger partial charge in [0.2, 0.25) is 0 Å². The maximum Gasteiger partial charge on any atom is 0.132 e. The second-order valence-corrected chi connectivity index (χ2v) is 3.57. The predicted octanol–water partition coefficient (Wildman–Crippen LogP) is 0.959. The number of aromatic nitrogens is 2. The molecule has 0 unspecified atom stereocenters. The number of rotatable bonds is 2. The lowest BCUT2D eigenvalue weighted by Crippen LogP contribution is -2.09. The molecule has 0 saturated heterocycles. The number of hydrogen-bond donors (Lipinski definition) is 0. The summed E-state index contributed by atoms with van der Waals surface area (Å²) in [5.41, 5.74) is 1.84. The third-order valence-electron chi connectivity index (χ3n) is 2.64.